The maximum Gasteiger partial charge on any atom is 0.346 e. The molecule has 0 aliphatic rings. The van der Waals surface area contributed by atoms with Crippen LogP contribution in [0.2, 0.25) is 5.02 Å². The molecule has 82 valence electrons. The number of carbonyl (C=O) groups is 1. The second kappa shape index (κ2) is 4.98. The molecule has 0 N–H and O–H groups in total. The van der Waals surface area contributed by atoms with Gasteiger partial charge in [-0.3, -0.25) is 0 Å². The average molecular weight is 233 g/mol. The van der Waals surface area contributed by atoms with E-state index in [1.165, 1.54) is 26.2 Å². The molecule has 0 fully saturated rings. The van der Waals surface area contributed by atoms with Crippen LogP contribution >= 0.6 is 11.6 Å². The van der Waals surface area contributed by atoms with Crippen molar-refractivity contribution in [2.45, 2.75) is 13.0 Å². The summed E-state index contributed by atoms with van der Waals surface area (Å²) in [6.07, 6.45) is -0.780. The number of benzene rings is 1. The van der Waals surface area contributed by atoms with Crippen LogP contribution in [0, 0.1) is 5.82 Å². The summed E-state index contributed by atoms with van der Waals surface area (Å²) in [5.74, 6) is -0.732. The molecule has 0 bridgehead atoms. The highest BCUT2D eigenvalue weighted by Gasteiger charge is 2.16. The van der Waals surface area contributed by atoms with E-state index >= 15 is 0 Å². The van der Waals surface area contributed by atoms with Gasteiger partial charge in [0.15, 0.2) is 6.10 Å². The van der Waals surface area contributed by atoms with Crippen LogP contribution in [-0.2, 0) is 9.53 Å². The number of halogens is 2. The molecule has 1 atom stereocenters. The minimum atomic E-state index is -0.780. The van der Waals surface area contributed by atoms with E-state index in [0.29, 0.717) is 0 Å². The fraction of sp³-hybridized carbons (Fsp3) is 0.300. The summed E-state index contributed by atoms with van der Waals surface area (Å²) in [4.78, 5) is 11.0. The second-order valence-corrected chi connectivity index (χ2v) is 3.27. The average Bonchev–Trinajstić information content (AvgIpc) is 2.20. The zero-order valence-electron chi connectivity index (χ0n) is 8.29. The van der Waals surface area contributed by atoms with Crippen molar-refractivity contribution in [1.82, 2.24) is 0 Å². The summed E-state index contributed by atoms with van der Waals surface area (Å²) < 4.78 is 22.3. The smallest absolute Gasteiger partial charge is 0.346 e. The molecule has 3 nitrogen and oxygen atoms in total. The summed E-state index contributed by atoms with van der Waals surface area (Å²) in [6, 6.07) is 3.67. The van der Waals surface area contributed by atoms with E-state index in [1.54, 1.807) is 0 Å². The molecule has 0 aliphatic carbocycles. The van der Waals surface area contributed by atoms with E-state index in [4.69, 9.17) is 16.3 Å². The van der Waals surface area contributed by atoms with Gasteiger partial charge in [0, 0.05) is 0 Å². The van der Waals surface area contributed by atoms with Crippen molar-refractivity contribution in [1.29, 1.82) is 0 Å². The highest BCUT2D eigenvalue weighted by atomic mass is 35.5. The Morgan fingerprint density at radius 1 is 1.53 bits per heavy atom. The standard InChI is InChI=1S/C10H10ClFO3/c1-6(10(13)14-2)15-9-4-3-7(12)5-8(9)11/h3-6H,1-2H3/t6-/m1/s1. The van der Waals surface area contributed by atoms with E-state index in [9.17, 15) is 9.18 Å². The van der Waals surface area contributed by atoms with Gasteiger partial charge in [0.25, 0.3) is 0 Å². The van der Waals surface area contributed by atoms with Crippen molar-refractivity contribution in [2.24, 2.45) is 0 Å². The van der Waals surface area contributed by atoms with E-state index < -0.39 is 17.9 Å². The molecule has 15 heavy (non-hydrogen) atoms. The summed E-state index contributed by atoms with van der Waals surface area (Å²) in [5, 5.41) is 0.116. The molecule has 0 spiro atoms. The largest absolute Gasteiger partial charge is 0.477 e. The SMILES string of the molecule is COC(=O)[C@@H](C)Oc1ccc(F)cc1Cl. The maximum absolute atomic E-state index is 12.7. The van der Waals surface area contributed by atoms with Crippen molar-refractivity contribution >= 4 is 17.6 Å². The van der Waals surface area contributed by atoms with Crippen LogP contribution in [0.5, 0.6) is 5.75 Å². The van der Waals surface area contributed by atoms with Crippen molar-refractivity contribution in [3.63, 3.8) is 0 Å². The fourth-order valence-electron chi connectivity index (χ4n) is 0.975. The maximum atomic E-state index is 12.7. The molecule has 0 radical (unpaired) electrons. The van der Waals surface area contributed by atoms with Crippen molar-refractivity contribution in [2.75, 3.05) is 7.11 Å². The van der Waals surface area contributed by atoms with Gasteiger partial charge in [-0.15, -0.1) is 0 Å². The number of hydrogen-bond acceptors (Lipinski definition) is 3. The second-order valence-electron chi connectivity index (χ2n) is 2.86. The van der Waals surface area contributed by atoms with Gasteiger partial charge < -0.3 is 9.47 Å². The Kier molecular flexibility index (Phi) is 3.91. The molecule has 1 aromatic carbocycles. The number of rotatable bonds is 3. The monoisotopic (exact) mass is 232 g/mol. The van der Waals surface area contributed by atoms with Gasteiger partial charge in [-0.2, -0.15) is 0 Å². The Balaban J connectivity index is 2.76. The molecule has 0 heterocycles. The van der Waals surface area contributed by atoms with Gasteiger partial charge in [-0.1, -0.05) is 11.6 Å². The first kappa shape index (κ1) is 11.8. The number of hydrogen-bond donors (Lipinski definition) is 0. The molecule has 1 rings (SSSR count). The Labute approximate surface area is 91.7 Å². The van der Waals surface area contributed by atoms with E-state index in [1.807, 2.05) is 0 Å². The summed E-state index contributed by atoms with van der Waals surface area (Å²) in [6.45, 7) is 1.52. The number of methoxy groups -OCH3 is 1. The van der Waals surface area contributed by atoms with Crippen molar-refractivity contribution in [3.05, 3.63) is 29.0 Å². The van der Waals surface area contributed by atoms with Gasteiger partial charge in [-0.25, -0.2) is 9.18 Å². The molecule has 0 saturated carbocycles. The summed E-state index contributed by atoms with van der Waals surface area (Å²) in [5.41, 5.74) is 0. The minimum absolute atomic E-state index is 0.116. The third kappa shape index (κ3) is 3.09. The number of carbonyl (C=O) groups excluding carboxylic acids is 1. The van der Waals surface area contributed by atoms with Crippen LogP contribution in [0.25, 0.3) is 0 Å². The zero-order valence-corrected chi connectivity index (χ0v) is 9.05. The predicted molar refractivity (Wildman–Crippen MR) is 53.5 cm³/mol. The van der Waals surface area contributed by atoms with Crippen molar-refractivity contribution in [3.8, 4) is 5.75 Å². The van der Waals surface area contributed by atoms with E-state index in [-0.39, 0.29) is 10.8 Å². The van der Waals surface area contributed by atoms with Crippen LogP contribution < -0.4 is 4.74 Å². The molecule has 0 aliphatic heterocycles. The lowest BCUT2D eigenvalue weighted by atomic mass is 10.3. The molecule has 5 heteroatoms. The van der Waals surface area contributed by atoms with Gasteiger partial charge in [-0.05, 0) is 25.1 Å². The van der Waals surface area contributed by atoms with Crippen LogP contribution in [0.3, 0.4) is 0 Å². The van der Waals surface area contributed by atoms with Crippen molar-refractivity contribution < 1.29 is 18.7 Å². The minimum Gasteiger partial charge on any atom is -0.477 e. The third-order valence-corrected chi connectivity index (χ3v) is 2.03. The zero-order chi connectivity index (χ0) is 11.4. The van der Waals surface area contributed by atoms with Crippen LogP contribution in [-0.4, -0.2) is 19.2 Å². The molecule has 0 aromatic heterocycles. The van der Waals surface area contributed by atoms with Crippen LogP contribution in [0.4, 0.5) is 4.39 Å². The van der Waals surface area contributed by atoms with Crippen LogP contribution in [0.15, 0.2) is 18.2 Å². The first-order valence-corrected chi connectivity index (χ1v) is 4.62. The molecular formula is C10H10ClFO3. The first-order valence-electron chi connectivity index (χ1n) is 4.24. The van der Waals surface area contributed by atoms with Crippen LogP contribution in [0.1, 0.15) is 6.92 Å². The Morgan fingerprint density at radius 2 is 2.20 bits per heavy atom. The lowest BCUT2D eigenvalue weighted by Crippen LogP contribution is -2.25. The molecule has 1 aromatic rings. The number of ether oxygens (including phenoxy) is 2. The summed E-state index contributed by atoms with van der Waals surface area (Å²) >= 11 is 5.70. The van der Waals surface area contributed by atoms with Gasteiger partial charge in [0.05, 0.1) is 12.1 Å². The van der Waals surface area contributed by atoms with Gasteiger partial charge >= 0.3 is 5.97 Å². The van der Waals surface area contributed by atoms with E-state index in [2.05, 4.69) is 4.74 Å². The lowest BCUT2D eigenvalue weighted by molar-refractivity contribution is -0.147. The van der Waals surface area contributed by atoms with Gasteiger partial charge in [0.2, 0.25) is 0 Å². The molecule has 0 amide bonds. The predicted octanol–water partition coefficient (Wildman–Crippen LogP) is 2.42. The summed E-state index contributed by atoms with van der Waals surface area (Å²) in [7, 11) is 1.26. The number of esters is 1. The highest BCUT2D eigenvalue weighted by Crippen LogP contribution is 2.25. The molecular weight excluding hydrogens is 223 g/mol. The Bertz CT molecular complexity index is 368. The molecule has 0 saturated heterocycles. The quantitative estimate of drug-likeness (QED) is 0.751. The Morgan fingerprint density at radius 3 is 2.73 bits per heavy atom. The first-order chi connectivity index (χ1) is 7.04. The fourth-order valence-corrected chi connectivity index (χ4v) is 1.19. The highest BCUT2D eigenvalue weighted by molar-refractivity contribution is 6.32. The third-order valence-electron chi connectivity index (χ3n) is 1.73. The Hall–Kier alpha value is -1.29. The topological polar surface area (TPSA) is 35.5 Å². The molecule has 0 unspecified atom stereocenters. The van der Waals surface area contributed by atoms with Gasteiger partial charge in [0.1, 0.15) is 11.6 Å². The lowest BCUT2D eigenvalue weighted by Gasteiger charge is -2.13. The normalized spacial score (nSPS) is 12.0. The van der Waals surface area contributed by atoms with E-state index in [0.717, 1.165) is 6.07 Å².